The molecule has 0 saturated heterocycles. The van der Waals surface area contributed by atoms with Crippen LogP contribution in [-0.4, -0.2) is 30.0 Å². The van der Waals surface area contributed by atoms with E-state index in [-0.39, 0.29) is 12.2 Å². The largest absolute Gasteiger partial charge is 0.476 e. The first-order valence-corrected chi connectivity index (χ1v) is 7.41. The molecule has 1 aromatic heterocycles. The Hall–Kier alpha value is -1.03. The van der Waals surface area contributed by atoms with Crippen molar-refractivity contribution in [2.75, 3.05) is 0 Å². The predicted molar refractivity (Wildman–Crippen MR) is 67.7 cm³/mol. The number of carboxylic acids is 1. The van der Waals surface area contributed by atoms with Crippen molar-refractivity contribution < 1.29 is 18.3 Å². The molecule has 0 aliphatic rings. The van der Waals surface area contributed by atoms with Crippen LogP contribution >= 0.6 is 11.3 Å². The summed E-state index contributed by atoms with van der Waals surface area (Å²) in [6.07, 6.45) is 0. The van der Waals surface area contributed by atoms with E-state index in [1.807, 2.05) is 0 Å². The number of hydrogen-bond acceptors (Lipinski definition) is 5. The van der Waals surface area contributed by atoms with Crippen molar-refractivity contribution in [1.29, 1.82) is 0 Å². The number of carboxylic acid groups (broad SMARTS) is 1. The molecule has 0 aliphatic heterocycles. The van der Waals surface area contributed by atoms with Gasteiger partial charge in [-0.15, -0.1) is 11.3 Å². The average Bonchev–Trinajstić information content (AvgIpc) is 2.59. The smallest absolute Gasteiger partial charge is 0.355 e. The summed E-state index contributed by atoms with van der Waals surface area (Å²) in [5.41, 5.74) is -0.668. The fourth-order valence-corrected chi connectivity index (χ4v) is 3.09. The van der Waals surface area contributed by atoms with Crippen LogP contribution in [0.5, 0.6) is 0 Å². The van der Waals surface area contributed by atoms with Gasteiger partial charge in [-0.2, -0.15) is 17.9 Å². The topological polar surface area (TPSA) is 108 Å². The van der Waals surface area contributed by atoms with E-state index in [1.165, 1.54) is 5.38 Å². The second-order valence-electron chi connectivity index (χ2n) is 4.61. The predicted octanol–water partition coefficient (Wildman–Crippen LogP) is 0.564. The lowest BCUT2D eigenvalue weighted by Gasteiger charge is -2.20. The van der Waals surface area contributed by atoms with Crippen molar-refractivity contribution in [3.05, 3.63) is 16.1 Å². The highest BCUT2D eigenvalue weighted by Gasteiger charge is 2.19. The van der Waals surface area contributed by atoms with Crippen molar-refractivity contribution in [2.45, 2.75) is 32.9 Å². The van der Waals surface area contributed by atoms with Gasteiger partial charge in [-0.3, -0.25) is 0 Å². The van der Waals surface area contributed by atoms with Gasteiger partial charge in [-0.1, -0.05) is 0 Å². The number of thiazole rings is 1. The highest BCUT2D eigenvalue weighted by atomic mass is 32.2. The van der Waals surface area contributed by atoms with E-state index in [1.54, 1.807) is 20.8 Å². The van der Waals surface area contributed by atoms with Crippen LogP contribution in [0.15, 0.2) is 5.38 Å². The molecule has 0 radical (unpaired) electrons. The minimum Gasteiger partial charge on any atom is -0.476 e. The Morgan fingerprint density at radius 1 is 1.50 bits per heavy atom. The molecule has 9 heteroatoms. The molecular formula is C9H15N3O4S2. The molecule has 0 aliphatic carbocycles. The van der Waals surface area contributed by atoms with Gasteiger partial charge in [0.15, 0.2) is 5.69 Å². The van der Waals surface area contributed by atoms with Gasteiger partial charge in [0.1, 0.15) is 5.01 Å². The van der Waals surface area contributed by atoms with E-state index in [4.69, 9.17) is 5.11 Å². The molecule has 18 heavy (non-hydrogen) atoms. The summed E-state index contributed by atoms with van der Waals surface area (Å²) < 4.78 is 27.9. The number of hydrogen-bond donors (Lipinski definition) is 3. The van der Waals surface area contributed by atoms with Gasteiger partial charge in [-0.25, -0.2) is 9.78 Å². The molecule has 1 rings (SSSR count). The third kappa shape index (κ3) is 5.08. The van der Waals surface area contributed by atoms with Crippen LogP contribution in [0.4, 0.5) is 0 Å². The fraction of sp³-hybridized carbons (Fsp3) is 0.556. The monoisotopic (exact) mass is 293 g/mol. The molecule has 102 valence electrons. The van der Waals surface area contributed by atoms with Crippen LogP contribution < -0.4 is 9.44 Å². The molecule has 1 aromatic rings. The first-order chi connectivity index (χ1) is 8.09. The first-order valence-electron chi connectivity index (χ1n) is 5.05. The van der Waals surface area contributed by atoms with Gasteiger partial charge >= 0.3 is 5.97 Å². The summed E-state index contributed by atoms with van der Waals surface area (Å²) in [4.78, 5) is 14.4. The summed E-state index contributed by atoms with van der Waals surface area (Å²) in [7, 11) is -3.63. The van der Waals surface area contributed by atoms with E-state index in [2.05, 4.69) is 14.4 Å². The highest BCUT2D eigenvalue weighted by Crippen LogP contribution is 2.10. The molecule has 7 nitrogen and oxygen atoms in total. The lowest BCUT2D eigenvalue weighted by Crippen LogP contribution is -2.46. The number of nitrogens with one attached hydrogen (secondary N) is 2. The molecule has 0 atom stereocenters. The summed E-state index contributed by atoms with van der Waals surface area (Å²) >= 11 is 1.09. The molecule has 0 fully saturated rings. The molecule has 0 unspecified atom stereocenters. The lowest BCUT2D eigenvalue weighted by atomic mass is 10.1. The van der Waals surface area contributed by atoms with Crippen molar-refractivity contribution in [3.63, 3.8) is 0 Å². The van der Waals surface area contributed by atoms with Gasteiger partial charge < -0.3 is 5.11 Å². The zero-order valence-electron chi connectivity index (χ0n) is 10.2. The standard InChI is InChI=1S/C9H15N3O4S2/c1-9(2,3)12-18(15,16)10-4-7-11-6(5-17-7)8(13)14/h5,10,12H,4H2,1-3H3,(H,13,14). The minimum absolute atomic E-state index is 0.0383. The highest BCUT2D eigenvalue weighted by molar-refractivity contribution is 7.87. The molecule has 0 spiro atoms. The van der Waals surface area contributed by atoms with Gasteiger partial charge in [0.05, 0.1) is 6.54 Å². The van der Waals surface area contributed by atoms with E-state index in [0.717, 1.165) is 11.3 Å². The normalized spacial score (nSPS) is 12.6. The molecule has 0 aromatic carbocycles. The Morgan fingerprint density at radius 2 is 2.11 bits per heavy atom. The Kier molecular flexibility index (Phi) is 4.43. The molecular weight excluding hydrogens is 278 g/mol. The van der Waals surface area contributed by atoms with Crippen molar-refractivity contribution >= 4 is 27.5 Å². The van der Waals surface area contributed by atoms with Crippen molar-refractivity contribution in [3.8, 4) is 0 Å². The van der Waals surface area contributed by atoms with Crippen LogP contribution in [0.2, 0.25) is 0 Å². The molecule has 1 heterocycles. The number of rotatable bonds is 5. The molecule has 0 amide bonds. The summed E-state index contributed by atoms with van der Waals surface area (Å²) in [5.74, 6) is -1.13. The number of carbonyl (C=O) groups is 1. The van der Waals surface area contributed by atoms with Crippen LogP contribution in [0.3, 0.4) is 0 Å². The summed E-state index contributed by atoms with van der Waals surface area (Å²) in [5, 5.41) is 10.4. The zero-order valence-corrected chi connectivity index (χ0v) is 11.9. The number of aromatic nitrogens is 1. The second-order valence-corrected chi connectivity index (χ2v) is 7.05. The van der Waals surface area contributed by atoms with Crippen LogP contribution in [0.1, 0.15) is 36.3 Å². The van der Waals surface area contributed by atoms with Crippen LogP contribution in [0, 0.1) is 0 Å². The third-order valence-electron chi connectivity index (χ3n) is 1.62. The minimum atomic E-state index is -3.63. The lowest BCUT2D eigenvalue weighted by molar-refractivity contribution is 0.0691. The van der Waals surface area contributed by atoms with Gasteiger partial charge in [0, 0.05) is 10.9 Å². The third-order valence-corrected chi connectivity index (χ3v) is 3.88. The SMILES string of the molecule is CC(C)(C)NS(=O)(=O)NCc1nc(C(=O)O)cs1. The fourth-order valence-electron chi connectivity index (χ4n) is 1.09. The van der Waals surface area contributed by atoms with Crippen molar-refractivity contribution in [2.24, 2.45) is 0 Å². The molecule has 3 N–H and O–H groups in total. The van der Waals surface area contributed by atoms with Gasteiger partial charge in [-0.05, 0) is 20.8 Å². The van der Waals surface area contributed by atoms with E-state index in [0.29, 0.717) is 5.01 Å². The van der Waals surface area contributed by atoms with Crippen LogP contribution in [0.25, 0.3) is 0 Å². The van der Waals surface area contributed by atoms with E-state index >= 15 is 0 Å². The Labute approximate surface area is 109 Å². The van der Waals surface area contributed by atoms with E-state index < -0.39 is 21.7 Å². The van der Waals surface area contributed by atoms with Crippen LogP contribution in [-0.2, 0) is 16.8 Å². The Balaban J connectivity index is 2.62. The maximum atomic E-state index is 11.6. The van der Waals surface area contributed by atoms with E-state index in [9.17, 15) is 13.2 Å². The Morgan fingerprint density at radius 3 is 2.56 bits per heavy atom. The second kappa shape index (κ2) is 5.31. The Bertz CT molecular complexity index is 530. The first kappa shape index (κ1) is 15.0. The maximum Gasteiger partial charge on any atom is 0.355 e. The number of aromatic carboxylic acids is 1. The summed E-state index contributed by atoms with van der Waals surface area (Å²) in [6.45, 7) is 5.12. The quantitative estimate of drug-likeness (QED) is 0.735. The average molecular weight is 293 g/mol. The molecule has 0 bridgehead atoms. The number of nitrogens with zero attached hydrogens (tertiary/aromatic N) is 1. The maximum absolute atomic E-state index is 11.6. The van der Waals surface area contributed by atoms with Crippen molar-refractivity contribution in [1.82, 2.24) is 14.4 Å². The molecule has 0 saturated carbocycles. The van der Waals surface area contributed by atoms with Gasteiger partial charge in [0.25, 0.3) is 10.2 Å². The summed E-state index contributed by atoms with van der Waals surface area (Å²) in [6, 6.07) is 0. The zero-order chi connectivity index (χ0) is 14.0. The van der Waals surface area contributed by atoms with Gasteiger partial charge in [0.2, 0.25) is 0 Å².